The Balaban J connectivity index is 0.630. The van der Waals surface area contributed by atoms with Crippen molar-refractivity contribution >= 4 is 79.8 Å². The number of nitrogen functional groups attached to an aromatic ring is 1. The molecule has 5 amide bonds. The third-order valence-corrected chi connectivity index (χ3v) is 17.0. The van der Waals surface area contributed by atoms with Crippen LogP contribution in [-0.4, -0.2) is 80.0 Å². The number of thiophene rings is 1. The highest BCUT2D eigenvalue weighted by molar-refractivity contribution is 7.21. The van der Waals surface area contributed by atoms with Crippen LogP contribution in [0.2, 0.25) is 5.02 Å². The van der Waals surface area contributed by atoms with E-state index in [2.05, 4.69) is 61.2 Å². The second kappa shape index (κ2) is 22.5. The molecule has 2 aliphatic heterocycles. The molecule has 0 spiro atoms. The Labute approximate surface area is 458 Å². The maximum atomic E-state index is 15.2. The minimum Gasteiger partial charge on any atom is -0.397 e. The summed E-state index contributed by atoms with van der Waals surface area (Å²) in [6, 6.07) is 21.2. The number of nitrogens with zero attached hydrogens (tertiary/aromatic N) is 3. The zero-order valence-corrected chi connectivity index (χ0v) is 44.9. The van der Waals surface area contributed by atoms with Crippen LogP contribution in [0.4, 0.5) is 30.2 Å². The molecule has 1 saturated carbocycles. The molecule has 2 aromatic heterocycles. The van der Waals surface area contributed by atoms with Gasteiger partial charge in [-0.1, -0.05) is 35.7 Å². The van der Waals surface area contributed by atoms with Crippen molar-refractivity contribution in [2.75, 3.05) is 54.9 Å². The number of nitrogens with one attached hydrogen (secondary N) is 4. The number of piperidine rings is 1. The number of carbonyl (C=O) groups excluding carboxylic acids is 5. The lowest BCUT2D eigenvalue weighted by Crippen LogP contribution is -2.48. The standard InChI is InChI=1S/C59H58ClF3N8O6S/c1-32-7-16-41-52(64)53(78-57(41)68-32)56(75)69-39-14-11-35-26-40(15-12-34(35)25-39)70-29-37-9-10-38(30-70)51(37)55(74)66-20-22-77-21-19-65-50(72)18-8-33-23-47(62)42(48(63)24-33)28-67-54(73)36-13-17-44-49(27-36)71(58(76)59(44,2)3)31-43-45(60)5-4-6-46(43)61/h4-7,12-13,15-17,23-24,26-27,37-39,51H,9-11,14,19-22,25,28-31,64H2,1-3H3,(H,65,72)(H,66,74)(H,67,73)(H,69,75)/t37-,38+,39-,51?/m0/s1. The number of hydrogen-bond donors (Lipinski definition) is 5. The van der Waals surface area contributed by atoms with Crippen molar-refractivity contribution in [3.8, 4) is 11.8 Å². The van der Waals surface area contributed by atoms with Gasteiger partial charge in [0.05, 0.1) is 30.9 Å². The Morgan fingerprint density at radius 2 is 1.60 bits per heavy atom. The molecule has 4 heterocycles. The van der Waals surface area contributed by atoms with Crippen LogP contribution in [0.5, 0.6) is 0 Å². The first-order valence-corrected chi connectivity index (χ1v) is 27.3. The lowest BCUT2D eigenvalue weighted by atomic mass is 9.83. The second-order valence-corrected chi connectivity index (χ2v) is 22.4. The predicted molar refractivity (Wildman–Crippen MR) is 294 cm³/mol. The van der Waals surface area contributed by atoms with Crippen LogP contribution in [-0.2, 0) is 50.5 Å². The maximum absolute atomic E-state index is 15.2. The van der Waals surface area contributed by atoms with Gasteiger partial charge in [0.25, 0.3) is 17.7 Å². The average Bonchev–Trinajstić information content (AvgIpc) is 4.11. The Morgan fingerprint density at radius 3 is 2.35 bits per heavy atom. The fourth-order valence-corrected chi connectivity index (χ4v) is 12.7. The zero-order chi connectivity index (χ0) is 55.0. The molecule has 0 radical (unpaired) electrons. The molecule has 4 aromatic carbocycles. The summed E-state index contributed by atoms with van der Waals surface area (Å²) in [7, 11) is 0. The Kier molecular flexibility index (Phi) is 15.5. The number of benzene rings is 4. The first-order valence-electron chi connectivity index (χ1n) is 26.1. The van der Waals surface area contributed by atoms with Crippen molar-refractivity contribution < 1.29 is 41.9 Å². The van der Waals surface area contributed by atoms with Gasteiger partial charge in [-0.3, -0.25) is 24.0 Å². The fourth-order valence-electron chi connectivity index (χ4n) is 11.4. The van der Waals surface area contributed by atoms with E-state index in [-0.39, 0.29) is 89.5 Å². The maximum Gasteiger partial charge on any atom is 0.296 e. The van der Waals surface area contributed by atoms with Gasteiger partial charge >= 0.3 is 0 Å². The van der Waals surface area contributed by atoms with Crippen molar-refractivity contribution in [3.05, 3.63) is 151 Å². The van der Waals surface area contributed by atoms with E-state index in [1.165, 1.54) is 57.7 Å². The summed E-state index contributed by atoms with van der Waals surface area (Å²) in [5.74, 6) is 0.825. The largest absolute Gasteiger partial charge is 0.397 e. The molecule has 6 N–H and O–H groups in total. The number of hydrogen-bond acceptors (Lipinski definition) is 10. The molecule has 14 nitrogen and oxygen atoms in total. The van der Waals surface area contributed by atoms with Crippen molar-refractivity contribution in [1.82, 2.24) is 26.3 Å². The van der Waals surface area contributed by atoms with E-state index >= 15 is 8.78 Å². The molecule has 404 valence electrons. The first kappa shape index (κ1) is 53.9. The monoisotopic (exact) mass is 1100 g/mol. The summed E-state index contributed by atoms with van der Waals surface area (Å²) < 4.78 is 50.7. The number of halogens is 4. The summed E-state index contributed by atoms with van der Waals surface area (Å²) in [6.07, 6.45) is 4.40. The summed E-state index contributed by atoms with van der Waals surface area (Å²) in [5.41, 5.74) is 11.1. The Morgan fingerprint density at radius 1 is 0.859 bits per heavy atom. The molecular formula is C59H58ClF3N8O6S. The van der Waals surface area contributed by atoms with Gasteiger partial charge in [0, 0.05) is 100 Å². The highest BCUT2D eigenvalue weighted by atomic mass is 35.5. The number of aryl methyl sites for hydroxylation is 2. The van der Waals surface area contributed by atoms with Crippen LogP contribution >= 0.6 is 22.9 Å². The average molecular weight is 1100 g/mol. The minimum atomic E-state index is -0.983. The van der Waals surface area contributed by atoms with Gasteiger partial charge in [0.2, 0.25) is 11.8 Å². The number of anilines is 3. The van der Waals surface area contributed by atoms with Crippen LogP contribution in [0.25, 0.3) is 10.2 Å². The Bertz CT molecular complexity index is 3410. The summed E-state index contributed by atoms with van der Waals surface area (Å²) in [6.45, 7) is 7.09. The SMILES string of the molecule is Cc1ccc2c(N)c(C(=O)N[C@H]3CCc4cc(N5C[C@H]6CC[C@@H](C5)C6C(=O)NCCOCCNC(=O)C#Cc5cc(F)c(CNC(=O)c6ccc7c(c6)N(Cc6c(F)cccc6Cl)C(=O)C7(C)C)c(F)c5)ccc4C3)sc2n1. The fraction of sp³-hybridized carbons (Fsp3) is 0.356. The summed E-state index contributed by atoms with van der Waals surface area (Å²) in [5, 5.41) is 12.3. The smallest absolute Gasteiger partial charge is 0.296 e. The first-order chi connectivity index (χ1) is 37.4. The number of rotatable bonds is 15. The van der Waals surface area contributed by atoms with E-state index in [9.17, 15) is 28.4 Å². The summed E-state index contributed by atoms with van der Waals surface area (Å²) in [4.78, 5) is 75.6. The predicted octanol–water partition coefficient (Wildman–Crippen LogP) is 8.06. The number of carbonyl (C=O) groups is 5. The van der Waals surface area contributed by atoms with Crippen molar-refractivity contribution in [2.45, 2.75) is 77.4 Å². The van der Waals surface area contributed by atoms with Gasteiger partial charge in [-0.05, 0) is 142 Å². The number of ether oxygens (including phenoxy) is 1. The lowest BCUT2D eigenvalue weighted by molar-refractivity contribution is -0.128. The van der Waals surface area contributed by atoms with E-state index in [4.69, 9.17) is 22.1 Å². The van der Waals surface area contributed by atoms with E-state index in [0.717, 1.165) is 78.9 Å². The summed E-state index contributed by atoms with van der Waals surface area (Å²) >= 11 is 7.59. The zero-order valence-electron chi connectivity index (χ0n) is 43.3. The van der Waals surface area contributed by atoms with Gasteiger partial charge in [0.15, 0.2) is 0 Å². The Hall–Kier alpha value is -7.46. The van der Waals surface area contributed by atoms with Crippen LogP contribution in [0.1, 0.15) is 92.2 Å². The highest BCUT2D eigenvalue weighted by Crippen LogP contribution is 2.45. The number of amides is 5. The van der Waals surface area contributed by atoms with Crippen molar-refractivity contribution in [3.63, 3.8) is 0 Å². The molecule has 6 aromatic rings. The lowest BCUT2D eigenvalue weighted by Gasteiger charge is -2.39. The van der Waals surface area contributed by atoms with Crippen LogP contribution in [0, 0.1) is 54.0 Å². The molecule has 78 heavy (non-hydrogen) atoms. The molecule has 4 aliphatic rings. The van der Waals surface area contributed by atoms with Crippen LogP contribution < -0.4 is 36.8 Å². The molecule has 2 aliphatic carbocycles. The highest BCUT2D eigenvalue weighted by Gasteiger charge is 2.46. The van der Waals surface area contributed by atoms with Gasteiger partial charge in [0.1, 0.15) is 27.2 Å². The van der Waals surface area contributed by atoms with Gasteiger partial charge in [-0.2, -0.15) is 0 Å². The third-order valence-electron chi connectivity index (χ3n) is 15.5. The number of fused-ring (bicyclic) bond motifs is 5. The normalized spacial score (nSPS) is 18.9. The van der Waals surface area contributed by atoms with E-state index < -0.39 is 46.8 Å². The molecule has 2 bridgehead atoms. The molecule has 1 saturated heterocycles. The van der Waals surface area contributed by atoms with Crippen LogP contribution in [0.15, 0.2) is 78.9 Å². The molecule has 10 rings (SSSR count). The van der Waals surface area contributed by atoms with Gasteiger partial charge in [-0.25, -0.2) is 18.2 Å². The molecular weight excluding hydrogens is 1040 g/mol. The van der Waals surface area contributed by atoms with Crippen LogP contribution in [0.3, 0.4) is 0 Å². The number of nitrogens with two attached hydrogens (primary N) is 1. The van der Waals surface area contributed by atoms with Gasteiger partial charge in [-0.15, -0.1) is 11.3 Å². The third kappa shape index (κ3) is 11.1. The number of pyridine rings is 1. The van der Waals surface area contributed by atoms with Crippen molar-refractivity contribution in [1.29, 1.82) is 0 Å². The van der Waals surface area contributed by atoms with E-state index in [0.29, 0.717) is 28.4 Å². The van der Waals surface area contributed by atoms with E-state index in [1.54, 1.807) is 19.9 Å². The quantitative estimate of drug-likeness (QED) is 0.0501. The van der Waals surface area contributed by atoms with Gasteiger partial charge < -0.3 is 41.5 Å². The molecule has 2 fully saturated rings. The second-order valence-electron chi connectivity index (χ2n) is 21.0. The van der Waals surface area contributed by atoms with Crippen molar-refractivity contribution in [2.24, 2.45) is 17.8 Å². The molecule has 19 heteroatoms. The molecule has 1 unspecified atom stereocenters. The van der Waals surface area contributed by atoms with E-state index in [1.807, 2.05) is 19.1 Å². The minimum absolute atomic E-state index is 0.00373. The molecule has 4 atom stereocenters. The topological polar surface area (TPSA) is 188 Å². The number of aromatic nitrogens is 1.